The van der Waals surface area contributed by atoms with E-state index < -0.39 is 5.97 Å². The molecule has 0 saturated carbocycles. The Bertz CT molecular complexity index is 1720. The minimum Gasteiger partial charge on any atom is -0.478 e. The molecule has 6 rings (SSSR count). The summed E-state index contributed by atoms with van der Waals surface area (Å²) in [5.74, 6) is 0.330. The number of hydrogen-bond acceptors (Lipinski definition) is 7. The lowest BCUT2D eigenvalue weighted by Gasteiger charge is -2.23. The van der Waals surface area contributed by atoms with Gasteiger partial charge in [0, 0.05) is 35.6 Å². The van der Waals surface area contributed by atoms with Gasteiger partial charge in [0.25, 0.3) is 5.91 Å². The molecule has 10 nitrogen and oxygen atoms in total. The average Bonchev–Trinajstić information content (AvgIpc) is 3.62. The Morgan fingerprint density at radius 3 is 2.54 bits per heavy atom. The maximum atomic E-state index is 13.0. The molecule has 41 heavy (non-hydrogen) atoms. The zero-order chi connectivity index (χ0) is 27.6. The van der Waals surface area contributed by atoms with Crippen LogP contribution in [0.4, 0.5) is 23.0 Å². The molecule has 1 amide bonds. The van der Waals surface area contributed by atoms with Gasteiger partial charge in [0.2, 0.25) is 0 Å². The number of aromatic carboxylic acids is 1. The maximum absolute atomic E-state index is 13.0. The molecule has 11 heteroatoms. The highest BCUT2D eigenvalue weighted by Crippen LogP contribution is 2.30. The second kappa shape index (κ2) is 11.6. The first-order valence-corrected chi connectivity index (χ1v) is 13.0. The molecule has 2 aromatic carbocycles. The van der Waals surface area contributed by atoms with Gasteiger partial charge in [-0.2, -0.15) is 5.10 Å². The molecular weight excluding hydrogens is 542 g/mol. The van der Waals surface area contributed by atoms with E-state index in [4.69, 9.17) is 10.1 Å². The molecule has 0 radical (unpaired) electrons. The molecule has 1 saturated heterocycles. The fourth-order valence-electron chi connectivity index (χ4n) is 4.98. The molecule has 3 N–H and O–H groups in total. The Morgan fingerprint density at radius 1 is 0.976 bits per heavy atom. The van der Waals surface area contributed by atoms with E-state index in [-0.39, 0.29) is 23.9 Å². The molecule has 0 spiro atoms. The minimum absolute atomic E-state index is 0. The van der Waals surface area contributed by atoms with Gasteiger partial charge in [0.1, 0.15) is 18.0 Å². The predicted molar refractivity (Wildman–Crippen MR) is 161 cm³/mol. The summed E-state index contributed by atoms with van der Waals surface area (Å²) in [4.78, 5) is 35.7. The monoisotopic (exact) mass is 569 g/mol. The lowest BCUT2D eigenvalue weighted by molar-refractivity contribution is 0.0696. The third kappa shape index (κ3) is 5.82. The Balaban J connectivity index is 0.00000337. The van der Waals surface area contributed by atoms with Crippen molar-refractivity contribution in [1.82, 2.24) is 19.6 Å². The van der Waals surface area contributed by atoms with Crippen LogP contribution in [-0.2, 0) is 0 Å². The number of fused-ring (bicyclic) bond motifs is 1. The Morgan fingerprint density at radius 2 is 1.78 bits per heavy atom. The van der Waals surface area contributed by atoms with Crippen LogP contribution in [0.15, 0.2) is 85.3 Å². The maximum Gasteiger partial charge on any atom is 0.335 e. The molecule has 1 fully saturated rings. The first-order valence-electron chi connectivity index (χ1n) is 13.0. The Labute approximate surface area is 242 Å². The highest BCUT2D eigenvalue weighted by atomic mass is 35.5. The van der Waals surface area contributed by atoms with E-state index in [1.54, 1.807) is 28.8 Å². The quantitative estimate of drug-likeness (QED) is 0.221. The smallest absolute Gasteiger partial charge is 0.335 e. The van der Waals surface area contributed by atoms with Gasteiger partial charge in [-0.3, -0.25) is 4.79 Å². The number of carbonyl (C=O) groups is 2. The van der Waals surface area contributed by atoms with Gasteiger partial charge >= 0.3 is 5.97 Å². The van der Waals surface area contributed by atoms with Gasteiger partial charge in [-0.1, -0.05) is 18.2 Å². The normalized spacial score (nSPS) is 14.5. The van der Waals surface area contributed by atoms with E-state index in [9.17, 15) is 9.59 Å². The number of amides is 1. The number of pyridine rings is 2. The number of aromatic nitrogens is 4. The highest BCUT2D eigenvalue weighted by molar-refractivity contribution is 6.05. The van der Waals surface area contributed by atoms with Crippen molar-refractivity contribution in [3.63, 3.8) is 0 Å². The summed E-state index contributed by atoms with van der Waals surface area (Å²) >= 11 is 0. The van der Waals surface area contributed by atoms with Crippen LogP contribution in [0, 0.1) is 0 Å². The molecule has 0 aliphatic carbocycles. The molecule has 4 heterocycles. The number of rotatable bonds is 7. The van der Waals surface area contributed by atoms with Gasteiger partial charge in [-0.25, -0.2) is 19.3 Å². The van der Waals surface area contributed by atoms with Crippen molar-refractivity contribution in [2.45, 2.75) is 25.8 Å². The molecular formula is C30H28ClN7O3. The standard InChI is InChI=1S/C30H27N7O3.ClH/c1-19-5-4-14-36(19)27-9-3-8-26(35-27)34-25-16-23(17-37-28(25)31-18-32-37)21-6-2-7-22(15-21)29(38)33-24-12-10-20(11-13-24)30(39)40;/h2-3,6-13,15-19H,4-5,14H2,1H3,(H,33,38)(H,34,35)(H,39,40);1H. The molecule has 1 aliphatic rings. The van der Waals surface area contributed by atoms with E-state index in [1.165, 1.54) is 18.5 Å². The fourth-order valence-corrected chi connectivity index (χ4v) is 4.98. The van der Waals surface area contributed by atoms with E-state index in [1.807, 2.05) is 42.6 Å². The molecule has 3 aromatic heterocycles. The number of carboxylic acid groups (broad SMARTS) is 1. The number of hydrogen-bond donors (Lipinski definition) is 3. The third-order valence-electron chi connectivity index (χ3n) is 7.07. The van der Waals surface area contributed by atoms with Gasteiger partial charge < -0.3 is 20.6 Å². The van der Waals surface area contributed by atoms with Crippen LogP contribution in [0.5, 0.6) is 0 Å². The van der Waals surface area contributed by atoms with Crippen molar-refractivity contribution in [2.24, 2.45) is 0 Å². The summed E-state index contributed by atoms with van der Waals surface area (Å²) < 4.78 is 1.70. The Kier molecular flexibility index (Phi) is 7.84. The predicted octanol–water partition coefficient (Wildman–Crippen LogP) is 5.90. The number of benzene rings is 2. The van der Waals surface area contributed by atoms with E-state index in [0.29, 0.717) is 28.8 Å². The van der Waals surface area contributed by atoms with Crippen LogP contribution in [0.1, 0.15) is 40.5 Å². The highest BCUT2D eigenvalue weighted by Gasteiger charge is 2.21. The zero-order valence-corrected chi connectivity index (χ0v) is 23.0. The first kappa shape index (κ1) is 27.6. The minimum atomic E-state index is -1.02. The summed E-state index contributed by atoms with van der Waals surface area (Å²) in [6.45, 7) is 3.22. The number of nitrogens with one attached hydrogen (secondary N) is 2. The molecule has 5 aromatic rings. The molecule has 1 aliphatic heterocycles. The number of anilines is 4. The van der Waals surface area contributed by atoms with Crippen molar-refractivity contribution in [2.75, 3.05) is 22.1 Å². The van der Waals surface area contributed by atoms with E-state index in [0.717, 1.165) is 42.0 Å². The number of carbonyl (C=O) groups excluding carboxylic acids is 1. The molecule has 1 unspecified atom stereocenters. The van der Waals surface area contributed by atoms with Crippen molar-refractivity contribution in [3.8, 4) is 11.1 Å². The van der Waals surface area contributed by atoms with Gasteiger partial charge in [-0.15, -0.1) is 12.4 Å². The number of carboxylic acids is 1. The van der Waals surface area contributed by atoms with Crippen molar-refractivity contribution < 1.29 is 14.7 Å². The van der Waals surface area contributed by atoms with Gasteiger partial charge in [0.15, 0.2) is 5.65 Å². The second-order valence-corrected chi connectivity index (χ2v) is 9.78. The van der Waals surface area contributed by atoms with Crippen LogP contribution in [-0.4, -0.2) is 49.2 Å². The van der Waals surface area contributed by atoms with Crippen LogP contribution in [0.25, 0.3) is 16.8 Å². The third-order valence-corrected chi connectivity index (χ3v) is 7.07. The molecule has 1 atom stereocenters. The Hall–Kier alpha value is -4.96. The van der Waals surface area contributed by atoms with Crippen LogP contribution < -0.4 is 15.5 Å². The second-order valence-electron chi connectivity index (χ2n) is 9.78. The number of nitrogens with zero attached hydrogens (tertiary/aromatic N) is 5. The van der Waals surface area contributed by atoms with Crippen LogP contribution in [0.2, 0.25) is 0 Å². The largest absolute Gasteiger partial charge is 0.478 e. The molecule has 208 valence electrons. The van der Waals surface area contributed by atoms with Gasteiger partial charge in [-0.05, 0) is 79.9 Å². The van der Waals surface area contributed by atoms with E-state index in [2.05, 4.69) is 32.5 Å². The van der Waals surface area contributed by atoms with Crippen molar-refractivity contribution in [1.29, 1.82) is 0 Å². The lowest BCUT2D eigenvalue weighted by Crippen LogP contribution is -2.27. The van der Waals surface area contributed by atoms with Crippen molar-refractivity contribution in [3.05, 3.63) is 96.4 Å². The van der Waals surface area contributed by atoms with Crippen molar-refractivity contribution >= 4 is 52.9 Å². The fraction of sp³-hybridized carbons (Fsp3) is 0.167. The first-order chi connectivity index (χ1) is 19.4. The zero-order valence-electron chi connectivity index (χ0n) is 22.2. The molecule has 0 bridgehead atoms. The van der Waals surface area contributed by atoms with E-state index >= 15 is 0 Å². The van der Waals surface area contributed by atoms with Crippen LogP contribution >= 0.6 is 12.4 Å². The summed E-state index contributed by atoms with van der Waals surface area (Å²) in [6, 6.07) is 21.7. The van der Waals surface area contributed by atoms with Crippen LogP contribution in [0.3, 0.4) is 0 Å². The topological polar surface area (TPSA) is 125 Å². The summed E-state index contributed by atoms with van der Waals surface area (Å²) in [5, 5.41) is 19.7. The van der Waals surface area contributed by atoms with Gasteiger partial charge in [0.05, 0.1) is 11.3 Å². The SMILES string of the molecule is CC1CCCN1c1cccc(Nc2cc(-c3cccc(C(=O)Nc4ccc(C(=O)O)cc4)c3)cn3ncnc23)n1.Cl. The average molecular weight is 570 g/mol. The summed E-state index contributed by atoms with van der Waals surface area (Å²) in [6.07, 6.45) is 5.69. The lowest BCUT2D eigenvalue weighted by atomic mass is 10.0. The summed E-state index contributed by atoms with van der Waals surface area (Å²) in [7, 11) is 0. The number of halogens is 1. The summed E-state index contributed by atoms with van der Waals surface area (Å²) in [5.41, 5.74) is 4.18.